The van der Waals surface area contributed by atoms with Crippen LogP contribution in [0.3, 0.4) is 0 Å². The van der Waals surface area contributed by atoms with E-state index in [4.69, 9.17) is 25.5 Å². The van der Waals surface area contributed by atoms with Crippen molar-refractivity contribution in [2.75, 3.05) is 12.4 Å². The lowest BCUT2D eigenvalue weighted by Gasteiger charge is -2.12. The molecular formula is C24H18ClN3O4. The Kier molecular flexibility index (Phi) is 5.17. The molecule has 3 aromatic heterocycles. The minimum Gasteiger partial charge on any atom is -0.493 e. The Morgan fingerprint density at radius 3 is 2.88 bits per heavy atom. The van der Waals surface area contributed by atoms with Crippen molar-refractivity contribution in [2.24, 2.45) is 0 Å². The maximum Gasteiger partial charge on any atom is 0.291 e. The Bertz CT molecular complexity index is 1410. The lowest BCUT2D eigenvalue weighted by Crippen LogP contribution is -2.11. The van der Waals surface area contributed by atoms with Gasteiger partial charge in [-0.05, 0) is 48.5 Å². The zero-order valence-corrected chi connectivity index (χ0v) is 17.8. The normalized spacial score (nSPS) is 11.1. The number of carbonyl (C=O) groups is 1. The van der Waals surface area contributed by atoms with Gasteiger partial charge in [-0.2, -0.15) is 0 Å². The number of carbonyl (C=O) groups excluding carboxylic acids is 1. The van der Waals surface area contributed by atoms with E-state index in [0.29, 0.717) is 27.8 Å². The molecule has 0 radical (unpaired) electrons. The second kappa shape index (κ2) is 8.28. The fourth-order valence-electron chi connectivity index (χ4n) is 3.39. The molecule has 0 saturated heterocycles. The van der Waals surface area contributed by atoms with Gasteiger partial charge in [-0.1, -0.05) is 17.7 Å². The van der Waals surface area contributed by atoms with Crippen molar-refractivity contribution in [3.8, 4) is 11.5 Å². The van der Waals surface area contributed by atoms with Crippen LogP contribution in [0.25, 0.3) is 16.6 Å². The Morgan fingerprint density at radius 1 is 1.12 bits per heavy atom. The van der Waals surface area contributed by atoms with Crippen LogP contribution in [0, 0.1) is 0 Å². The van der Waals surface area contributed by atoms with Gasteiger partial charge in [-0.3, -0.25) is 4.79 Å². The summed E-state index contributed by atoms with van der Waals surface area (Å²) in [6.07, 6.45) is 3.83. The van der Waals surface area contributed by atoms with Crippen LogP contribution in [-0.2, 0) is 6.61 Å². The van der Waals surface area contributed by atoms with Crippen LogP contribution in [0.5, 0.6) is 11.5 Å². The smallest absolute Gasteiger partial charge is 0.291 e. The van der Waals surface area contributed by atoms with Gasteiger partial charge in [-0.25, -0.2) is 4.98 Å². The number of furan rings is 1. The zero-order chi connectivity index (χ0) is 22.1. The van der Waals surface area contributed by atoms with Gasteiger partial charge in [0.15, 0.2) is 17.3 Å². The summed E-state index contributed by atoms with van der Waals surface area (Å²) in [5, 5.41) is 4.16. The van der Waals surface area contributed by atoms with Crippen molar-refractivity contribution >= 4 is 39.8 Å². The largest absolute Gasteiger partial charge is 0.493 e. The number of amides is 1. The summed E-state index contributed by atoms with van der Waals surface area (Å²) in [6.45, 7) is 0.250. The molecule has 0 atom stereocenters. The molecule has 160 valence electrons. The van der Waals surface area contributed by atoms with E-state index in [0.717, 1.165) is 16.7 Å². The molecule has 0 aliphatic carbocycles. The van der Waals surface area contributed by atoms with Gasteiger partial charge in [-0.15, -0.1) is 0 Å². The molecule has 8 heteroatoms. The minimum atomic E-state index is -0.381. The van der Waals surface area contributed by atoms with Crippen molar-refractivity contribution in [2.45, 2.75) is 6.61 Å². The van der Waals surface area contributed by atoms with Crippen molar-refractivity contribution in [1.82, 2.24) is 9.38 Å². The molecule has 0 aliphatic heterocycles. The van der Waals surface area contributed by atoms with E-state index in [1.54, 1.807) is 49.6 Å². The number of anilines is 1. The second-order valence-electron chi connectivity index (χ2n) is 7.10. The lowest BCUT2D eigenvalue weighted by molar-refractivity contribution is 0.0998. The maximum atomic E-state index is 12.7. The number of imidazole rings is 1. The number of hydrogen-bond donors (Lipinski definition) is 1. The van der Waals surface area contributed by atoms with E-state index in [1.807, 2.05) is 35.0 Å². The number of aromatic nitrogens is 2. The average molecular weight is 448 g/mol. The number of nitrogens with zero attached hydrogens (tertiary/aromatic N) is 2. The Hall–Kier alpha value is -3.97. The Morgan fingerprint density at radius 2 is 2.03 bits per heavy atom. The summed E-state index contributed by atoms with van der Waals surface area (Å²) < 4.78 is 18.9. The predicted octanol–water partition coefficient (Wildman–Crippen LogP) is 5.57. The first-order chi connectivity index (χ1) is 15.6. The first-order valence-corrected chi connectivity index (χ1v) is 10.2. The number of rotatable bonds is 6. The number of methoxy groups -OCH3 is 1. The molecule has 0 aliphatic rings. The van der Waals surface area contributed by atoms with Crippen LogP contribution >= 0.6 is 11.6 Å². The molecule has 0 saturated carbocycles. The van der Waals surface area contributed by atoms with Crippen molar-refractivity contribution in [3.63, 3.8) is 0 Å². The van der Waals surface area contributed by atoms with Gasteiger partial charge in [0.05, 0.1) is 12.8 Å². The van der Waals surface area contributed by atoms with Crippen molar-refractivity contribution in [1.29, 1.82) is 0 Å². The average Bonchev–Trinajstić information content (AvgIpc) is 3.41. The summed E-state index contributed by atoms with van der Waals surface area (Å²) in [5.41, 5.74) is 2.74. The molecule has 0 fully saturated rings. The molecule has 5 aromatic rings. The molecular weight excluding hydrogens is 430 g/mol. The third-order valence-corrected chi connectivity index (χ3v) is 5.15. The summed E-state index contributed by atoms with van der Waals surface area (Å²) >= 11 is 6.01. The molecule has 5 rings (SSSR count). The third kappa shape index (κ3) is 3.98. The summed E-state index contributed by atoms with van der Waals surface area (Å²) in [4.78, 5) is 17.2. The van der Waals surface area contributed by atoms with Crippen molar-refractivity contribution < 1.29 is 18.7 Å². The van der Waals surface area contributed by atoms with E-state index < -0.39 is 0 Å². The molecule has 3 heterocycles. The number of nitrogens with one attached hydrogen (secondary N) is 1. The summed E-state index contributed by atoms with van der Waals surface area (Å²) in [5.74, 6) is 0.836. The second-order valence-corrected chi connectivity index (χ2v) is 7.54. The van der Waals surface area contributed by atoms with E-state index in [-0.39, 0.29) is 18.3 Å². The van der Waals surface area contributed by atoms with Crippen LogP contribution in [0.15, 0.2) is 77.5 Å². The molecule has 0 bridgehead atoms. The van der Waals surface area contributed by atoms with E-state index in [2.05, 4.69) is 10.3 Å². The maximum absolute atomic E-state index is 12.7. The summed E-state index contributed by atoms with van der Waals surface area (Å²) in [6, 6.07) is 17.8. The van der Waals surface area contributed by atoms with E-state index in [9.17, 15) is 4.79 Å². The van der Waals surface area contributed by atoms with E-state index in [1.165, 1.54) is 0 Å². The molecule has 0 spiro atoms. The quantitative estimate of drug-likeness (QED) is 0.368. The highest BCUT2D eigenvalue weighted by molar-refractivity contribution is 6.31. The number of benzene rings is 2. The number of ether oxygens (including phenoxy) is 2. The van der Waals surface area contributed by atoms with Crippen LogP contribution in [0.2, 0.25) is 5.02 Å². The highest BCUT2D eigenvalue weighted by atomic mass is 35.5. The fourth-order valence-corrected chi connectivity index (χ4v) is 3.58. The zero-order valence-electron chi connectivity index (χ0n) is 17.0. The molecule has 0 unspecified atom stereocenters. The van der Waals surface area contributed by atoms with Gasteiger partial charge in [0.1, 0.15) is 17.8 Å². The first-order valence-electron chi connectivity index (χ1n) is 9.83. The summed E-state index contributed by atoms with van der Waals surface area (Å²) in [7, 11) is 1.56. The monoisotopic (exact) mass is 447 g/mol. The van der Waals surface area contributed by atoms with Crippen LogP contribution in [0.4, 0.5) is 5.69 Å². The highest BCUT2D eigenvalue weighted by Crippen LogP contribution is 2.31. The van der Waals surface area contributed by atoms with Crippen molar-refractivity contribution in [3.05, 3.63) is 89.5 Å². The van der Waals surface area contributed by atoms with Gasteiger partial charge in [0, 0.05) is 34.6 Å². The van der Waals surface area contributed by atoms with Crippen LogP contribution in [0.1, 0.15) is 16.2 Å². The first kappa shape index (κ1) is 20.0. The van der Waals surface area contributed by atoms with E-state index >= 15 is 0 Å². The predicted molar refractivity (Wildman–Crippen MR) is 122 cm³/mol. The molecule has 32 heavy (non-hydrogen) atoms. The van der Waals surface area contributed by atoms with Gasteiger partial charge in [0.25, 0.3) is 5.91 Å². The fraction of sp³-hybridized carbons (Fsp3) is 0.0833. The highest BCUT2D eigenvalue weighted by Gasteiger charge is 2.15. The van der Waals surface area contributed by atoms with Gasteiger partial charge < -0.3 is 23.6 Å². The SMILES string of the molecule is COc1ccc(NC(=O)c2cc3cc(Cl)ccc3o2)cc1OCc1cn2ccccc2n1. The number of hydrogen-bond acceptors (Lipinski definition) is 5. The Labute approximate surface area is 188 Å². The lowest BCUT2D eigenvalue weighted by atomic mass is 10.2. The molecule has 2 aromatic carbocycles. The molecule has 1 N–H and O–H groups in total. The van der Waals surface area contributed by atoms with Gasteiger partial charge >= 0.3 is 0 Å². The molecule has 1 amide bonds. The number of fused-ring (bicyclic) bond motifs is 2. The topological polar surface area (TPSA) is 78.0 Å². The van der Waals surface area contributed by atoms with Crippen LogP contribution < -0.4 is 14.8 Å². The van der Waals surface area contributed by atoms with Gasteiger partial charge in [0.2, 0.25) is 0 Å². The van der Waals surface area contributed by atoms with Crippen LogP contribution in [-0.4, -0.2) is 22.4 Å². The third-order valence-electron chi connectivity index (χ3n) is 4.91. The molecule has 7 nitrogen and oxygen atoms in total. The minimum absolute atomic E-state index is 0.185. The Balaban J connectivity index is 1.34. The number of halogens is 1. The standard InChI is InChI=1S/C24H18ClN3O4/c1-30-20-8-6-17(27-24(29)22-11-15-10-16(25)5-7-19(15)32-22)12-21(20)31-14-18-13-28-9-3-2-4-23(28)26-18/h2-13H,14H2,1H3,(H,27,29). The number of pyridine rings is 1.